The van der Waals surface area contributed by atoms with Crippen LogP contribution in [0, 0.1) is 0 Å². The summed E-state index contributed by atoms with van der Waals surface area (Å²) in [7, 11) is 0. The van der Waals surface area contributed by atoms with Gasteiger partial charge in [0, 0.05) is 17.6 Å². The molecule has 1 aliphatic heterocycles. The molecule has 1 atom stereocenters. The normalized spacial score (nSPS) is 19.9. The van der Waals surface area contributed by atoms with Crippen LogP contribution in [0.15, 0.2) is 22.7 Å². The number of benzene rings is 1. The molecular formula is C12H13BrClNO3. The third kappa shape index (κ3) is 3.03. The maximum absolute atomic E-state index is 12.3. The van der Waals surface area contributed by atoms with E-state index in [0.717, 1.165) is 4.47 Å². The Balaban J connectivity index is 2.17. The Bertz CT molecular complexity index is 455. The van der Waals surface area contributed by atoms with Gasteiger partial charge in [-0.1, -0.05) is 27.5 Å². The first-order chi connectivity index (χ1) is 8.61. The highest BCUT2D eigenvalue weighted by Gasteiger charge is 2.25. The lowest BCUT2D eigenvalue weighted by Crippen LogP contribution is -2.47. The second kappa shape index (κ2) is 6.02. The fourth-order valence-electron chi connectivity index (χ4n) is 1.85. The molecule has 1 fully saturated rings. The number of rotatable bonds is 2. The largest absolute Gasteiger partial charge is 0.394 e. The van der Waals surface area contributed by atoms with Crippen molar-refractivity contribution in [2.45, 2.75) is 6.10 Å². The van der Waals surface area contributed by atoms with E-state index in [1.54, 1.807) is 23.1 Å². The number of aliphatic hydroxyl groups excluding tert-OH is 1. The number of hydrogen-bond acceptors (Lipinski definition) is 3. The van der Waals surface area contributed by atoms with E-state index in [9.17, 15) is 4.79 Å². The van der Waals surface area contributed by atoms with Crippen LogP contribution in [-0.4, -0.2) is 48.3 Å². The zero-order valence-electron chi connectivity index (χ0n) is 9.60. The summed E-state index contributed by atoms with van der Waals surface area (Å²) in [6.45, 7) is 1.24. The van der Waals surface area contributed by atoms with Crippen LogP contribution in [0.25, 0.3) is 0 Å². The average molecular weight is 335 g/mol. The van der Waals surface area contributed by atoms with Crippen LogP contribution in [0.4, 0.5) is 0 Å². The minimum atomic E-state index is -0.311. The summed E-state index contributed by atoms with van der Waals surface area (Å²) in [5, 5.41) is 9.49. The minimum absolute atomic E-state index is 0.0873. The highest BCUT2D eigenvalue weighted by molar-refractivity contribution is 9.10. The predicted molar refractivity (Wildman–Crippen MR) is 71.9 cm³/mol. The first-order valence-electron chi connectivity index (χ1n) is 5.58. The lowest BCUT2D eigenvalue weighted by atomic mass is 10.1. The number of amides is 1. The number of halogens is 2. The van der Waals surface area contributed by atoms with Crippen molar-refractivity contribution in [1.29, 1.82) is 0 Å². The van der Waals surface area contributed by atoms with E-state index in [1.807, 2.05) is 0 Å². The second-order valence-electron chi connectivity index (χ2n) is 4.05. The molecule has 1 unspecified atom stereocenters. The Hall–Kier alpha value is -0.620. The van der Waals surface area contributed by atoms with Crippen molar-refractivity contribution >= 4 is 33.4 Å². The number of carbonyl (C=O) groups excluding carboxylic acids is 1. The van der Waals surface area contributed by atoms with Gasteiger partial charge in [0.25, 0.3) is 5.91 Å². The fourth-order valence-corrected chi connectivity index (χ4v) is 2.41. The van der Waals surface area contributed by atoms with Crippen molar-refractivity contribution in [3.05, 3.63) is 33.3 Å². The molecular weight excluding hydrogens is 321 g/mol. The topological polar surface area (TPSA) is 49.8 Å². The van der Waals surface area contributed by atoms with Crippen molar-refractivity contribution in [2.24, 2.45) is 0 Å². The van der Waals surface area contributed by atoms with Gasteiger partial charge >= 0.3 is 0 Å². The molecule has 0 bridgehead atoms. The van der Waals surface area contributed by atoms with Crippen LogP contribution in [0.3, 0.4) is 0 Å². The number of ether oxygens (including phenoxy) is 1. The zero-order valence-corrected chi connectivity index (χ0v) is 11.9. The Labute approximate surface area is 119 Å². The van der Waals surface area contributed by atoms with Crippen LogP contribution in [0.2, 0.25) is 5.02 Å². The number of carbonyl (C=O) groups is 1. The van der Waals surface area contributed by atoms with E-state index in [-0.39, 0.29) is 18.6 Å². The van der Waals surface area contributed by atoms with Gasteiger partial charge in [0.05, 0.1) is 29.9 Å². The van der Waals surface area contributed by atoms with Crippen molar-refractivity contribution in [1.82, 2.24) is 4.90 Å². The molecule has 4 nitrogen and oxygen atoms in total. The molecule has 1 N–H and O–H groups in total. The molecule has 6 heteroatoms. The van der Waals surface area contributed by atoms with Gasteiger partial charge in [0.1, 0.15) is 0 Å². The van der Waals surface area contributed by atoms with Gasteiger partial charge in [-0.15, -0.1) is 0 Å². The standard InChI is InChI=1S/C12H13BrClNO3/c13-8-1-2-11(14)10(5-8)12(17)15-3-4-18-9(6-15)7-16/h1-2,5,9,16H,3-4,6-7H2. The van der Waals surface area contributed by atoms with Crippen LogP contribution >= 0.6 is 27.5 Å². The van der Waals surface area contributed by atoms with E-state index in [1.165, 1.54) is 0 Å². The van der Waals surface area contributed by atoms with Gasteiger partial charge in [0.2, 0.25) is 0 Å². The smallest absolute Gasteiger partial charge is 0.255 e. The van der Waals surface area contributed by atoms with Crippen LogP contribution in [0.5, 0.6) is 0 Å². The van der Waals surface area contributed by atoms with Gasteiger partial charge in [-0.3, -0.25) is 4.79 Å². The number of hydrogen-bond donors (Lipinski definition) is 1. The summed E-state index contributed by atoms with van der Waals surface area (Å²) in [5.74, 6) is -0.136. The molecule has 0 aliphatic carbocycles. The molecule has 0 saturated carbocycles. The molecule has 1 aliphatic rings. The van der Waals surface area contributed by atoms with Crippen LogP contribution < -0.4 is 0 Å². The zero-order chi connectivity index (χ0) is 13.1. The maximum Gasteiger partial charge on any atom is 0.255 e. The summed E-state index contributed by atoms with van der Waals surface area (Å²) >= 11 is 9.35. The lowest BCUT2D eigenvalue weighted by Gasteiger charge is -2.32. The molecule has 0 spiro atoms. The fraction of sp³-hybridized carbons (Fsp3) is 0.417. The molecule has 1 aromatic carbocycles. The monoisotopic (exact) mass is 333 g/mol. The van der Waals surface area contributed by atoms with E-state index >= 15 is 0 Å². The molecule has 1 amide bonds. The van der Waals surface area contributed by atoms with Crippen molar-refractivity contribution in [2.75, 3.05) is 26.3 Å². The second-order valence-corrected chi connectivity index (χ2v) is 5.37. The Morgan fingerprint density at radius 3 is 3.11 bits per heavy atom. The van der Waals surface area contributed by atoms with E-state index < -0.39 is 0 Å². The van der Waals surface area contributed by atoms with E-state index in [4.69, 9.17) is 21.4 Å². The van der Waals surface area contributed by atoms with Gasteiger partial charge in [-0.2, -0.15) is 0 Å². The summed E-state index contributed by atoms with van der Waals surface area (Å²) in [4.78, 5) is 14.0. The molecule has 18 heavy (non-hydrogen) atoms. The van der Waals surface area contributed by atoms with E-state index in [0.29, 0.717) is 30.3 Å². The molecule has 1 saturated heterocycles. The number of morpholine rings is 1. The third-order valence-corrected chi connectivity index (χ3v) is 3.61. The van der Waals surface area contributed by atoms with Gasteiger partial charge in [-0.25, -0.2) is 0 Å². The minimum Gasteiger partial charge on any atom is -0.394 e. The Morgan fingerprint density at radius 1 is 1.61 bits per heavy atom. The highest BCUT2D eigenvalue weighted by atomic mass is 79.9. The molecule has 1 aromatic rings. The third-order valence-electron chi connectivity index (χ3n) is 2.79. The van der Waals surface area contributed by atoms with E-state index in [2.05, 4.69) is 15.9 Å². The first-order valence-corrected chi connectivity index (χ1v) is 6.75. The van der Waals surface area contributed by atoms with Crippen LogP contribution in [0.1, 0.15) is 10.4 Å². The summed E-state index contributed by atoms with van der Waals surface area (Å²) in [5.41, 5.74) is 0.463. The summed E-state index contributed by atoms with van der Waals surface area (Å²) in [6, 6.07) is 5.17. The molecule has 98 valence electrons. The van der Waals surface area contributed by atoms with Gasteiger partial charge in [-0.05, 0) is 18.2 Å². The first kappa shape index (κ1) is 13.8. The quantitative estimate of drug-likeness (QED) is 0.899. The lowest BCUT2D eigenvalue weighted by molar-refractivity contribution is -0.0447. The van der Waals surface area contributed by atoms with Crippen molar-refractivity contribution < 1.29 is 14.6 Å². The van der Waals surface area contributed by atoms with Crippen molar-refractivity contribution in [3.63, 3.8) is 0 Å². The summed E-state index contributed by atoms with van der Waals surface area (Å²) in [6.07, 6.45) is -0.311. The number of aliphatic hydroxyl groups is 1. The van der Waals surface area contributed by atoms with Crippen molar-refractivity contribution in [3.8, 4) is 0 Å². The Morgan fingerprint density at radius 2 is 2.39 bits per heavy atom. The Kier molecular flexibility index (Phi) is 4.61. The molecule has 0 aromatic heterocycles. The molecule has 0 radical (unpaired) electrons. The number of nitrogens with zero attached hydrogens (tertiary/aromatic N) is 1. The SMILES string of the molecule is O=C(c1cc(Br)ccc1Cl)N1CCOC(CO)C1. The molecule has 1 heterocycles. The average Bonchev–Trinajstić information content (AvgIpc) is 2.41. The van der Waals surface area contributed by atoms with Crippen LogP contribution in [-0.2, 0) is 4.74 Å². The summed E-state index contributed by atoms with van der Waals surface area (Å²) < 4.78 is 6.12. The predicted octanol–water partition coefficient (Wildman–Crippen LogP) is 1.94. The molecule has 2 rings (SSSR count). The van der Waals surface area contributed by atoms with Gasteiger partial charge < -0.3 is 14.7 Å². The van der Waals surface area contributed by atoms with Gasteiger partial charge in [0.15, 0.2) is 0 Å². The highest BCUT2D eigenvalue weighted by Crippen LogP contribution is 2.23. The maximum atomic E-state index is 12.3.